The smallest absolute Gasteiger partial charge is 0.124 e. The Morgan fingerprint density at radius 2 is 1.30 bits per heavy atom. The lowest BCUT2D eigenvalue weighted by Crippen LogP contribution is -2.08. The van der Waals surface area contributed by atoms with Crippen LogP contribution in [0.1, 0.15) is 22.5 Å². The predicted molar refractivity (Wildman–Crippen MR) is 110 cm³/mol. The van der Waals surface area contributed by atoms with Gasteiger partial charge in [0.05, 0.1) is 11.4 Å². The molecule has 3 aromatic rings. The molecule has 0 saturated carbocycles. The Balaban J connectivity index is 1.83. The summed E-state index contributed by atoms with van der Waals surface area (Å²) in [6, 6.07) is 18.5. The van der Waals surface area contributed by atoms with Crippen LogP contribution in [-0.4, -0.2) is 34.3 Å². The summed E-state index contributed by atoms with van der Waals surface area (Å²) in [6.07, 6.45) is 4.54. The van der Waals surface area contributed by atoms with Crippen molar-refractivity contribution in [1.82, 2.24) is 9.97 Å². The molecule has 0 atom stereocenters. The van der Waals surface area contributed by atoms with Crippen molar-refractivity contribution in [2.75, 3.05) is 19.0 Å². The zero-order valence-electron chi connectivity index (χ0n) is 15.2. The fourth-order valence-corrected chi connectivity index (χ4v) is 2.53. The maximum atomic E-state index is 10.4. The molecule has 3 rings (SSSR count). The van der Waals surface area contributed by atoms with Crippen LogP contribution in [0.4, 0.5) is 5.69 Å². The minimum Gasteiger partial charge on any atom is -0.507 e. The second-order valence-corrected chi connectivity index (χ2v) is 6.23. The normalized spacial score (nSPS) is 12.1. The Bertz CT molecular complexity index is 962. The maximum Gasteiger partial charge on any atom is 0.124 e. The molecule has 27 heavy (non-hydrogen) atoms. The lowest BCUT2D eigenvalue weighted by Gasteiger charge is -2.12. The van der Waals surface area contributed by atoms with Crippen LogP contribution in [0.15, 0.2) is 67.0 Å². The summed E-state index contributed by atoms with van der Waals surface area (Å²) < 4.78 is 0. The van der Waals surface area contributed by atoms with E-state index in [0.717, 1.165) is 5.69 Å². The lowest BCUT2D eigenvalue weighted by molar-refractivity contribution is 0.515. The Labute approximate surface area is 158 Å². The first-order valence-electron chi connectivity index (χ1n) is 8.49. The van der Waals surface area contributed by atoms with Crippen molar-refractivity contribution in [2.24, 2.45) is 0 Å². The van der Waals surface area contributed by atoms with E-state index < -0.39 is 0 Å². The molecule has 1 heterocycles. The molecule has 136 valence electrons. The van der Waals surface area contributed by atoms with Crippen LogP contribution in [0.2, 0.25) is 0 Å². The van der Waals surface area contributed by atoms with Crippen LogP contribution in [-0.2, 0) is 0 Å². The van der Waals surface area contributed by atoms with Crippen molar-refractivity contribution in [3.8, 4) is 0 Å². The molecular weight excluding hydrogens is 338 g/mol. The third kappa shape index (κ3) is 4.73. The van der Waals surface area contributed by atoms with E-state index in [9.17, 15) is 10.2 Å². The van der Waals surface area contributed by atoms with E-state index in [1.165, 1.54) is 6.33 Å². The van der Waals surface area contributed by atoms with Crippen LogP contribution in [0.25, 0.3) is 23.7 Å². The molecule has 2 N–H and O–H groups in total. The SMILES string of the molecule is CN(C)c1ccc(/C(O)=C/c2cc(/C=C(\O)c3ccccc3)ncn2)cc1. The van der Waals surface area contributed by atoms with Gasteiger partial charge >= 0.3 is 0 Å². The molecule has 0 radical (unpaired) electrons. The van der Waals surface area contributed by atoms with Crippen molar-refractivity contribution < 1.29 is 10.2 Å². The van der Waals surface area contributed by atoms with Crippen molar-refractivity contribution in [3.63, 3.8) is 0 Å². The number of aliphatic hydroxyl groups excluding tert-OH is 2. The van der Waals surface area contributed by atoms with Gasteiger partial charge in [-0.3, -0.25) is 0 Å². The van der Waals surface area contributed by atoms with E-state index in [-0.39, 0.29) is 11.5 Å². The number of hydrogen-bond donors (Lipinski definition) is 2. The molecular formula is C22H21N3O2. The molecule has 0 aliphatic heterocycles. The first-order valence-corrected chi connectivity index (χ1v) is 8.49. The van der Waals surface area contributed by atoms with Gasteiger partial charge in [0.25, 0.3) is 0 Å². The predicted octanol–water partition coefficient (Wildman–Crippen LogP) is 4.65. The average Bonchev–Trinajstić information content (AvgIpc) is 2.69. The molecule has 0 amide bonds. The highest BCUT2D eigenvalue weighted by molar-refractivity contribution is 5.78. The van der Waals surface area contributed by atoms with Crippen molar-refractivity contribution in [2.45, 2.75) is 0 Å². The maximum absolute atomic E-state index is 10.4. The van der Waals surface area contributed by atoms with E-state index in [0.29, 0.717) is 22.5 Å². The van der Waals surface area contributed by atoms with Crippen molar-refractivity contribution in [3.05, 3.63) is 89.5 Å². The van der Waals surface area contributed by atoms with E-state index >= 15 is 0 Å². The Morgan fingerprint density at radius 1 is 0.778 bits per heavy atom. The highest BCUT2D eigenvalue weighted by Gasteiger charge is 2.04. The number of aromatic nitrogens is 2. The fourth-order valence-electron chi connectivity index (χ4n) is 2.53. The lowest BCUT2D eigenvalue weighted by atomic mass is 10.1. The molecule has 1 aromatic heterocycles. The van der Waals surface area contributed by atoms with Crippen molar-refractivity contribution in [1.29, 1.82) is 0 Å². The molecule has 0 spiro atoms. The average molecular weight is 359 g/mol. The molecule has 0 fully saturated rings. The number of hydrogen-bond acceptors (Lipinski definition) is 5. The number of nitrogens with zero attached hydrogens (tertiary/aromatic N) is 3. The van der Waals surface area contributed by atoms with Gasteiger partial charge in [-0.15, -0.1) is 0 Å². The van der Waals surface area contributed by atoms with E-state index in [1.807, 2.05) is 73.6 Å². The highest BCUT2D eigenvalue weighted by Crippen LogP contribution is 2.20. The molecule has 2 aromatic carbocycles. The minimum atomic E-state index is 0.112. The zero-order valence-corrected chi connectivity index (χ0v) is 15.2. The molecule has 0 aliphatic rings. The standard InChI is InChI=1S/C22H21N3O2/c1-25(2)20-10-8-17(9-11-20)22(27)14-19-12-18(23-15-24-19)13-21(26)16-6-4-3-5-7-16/h3-15,26-27H,1-2H3/b21-13-,22-14-. The van der Waals surface area contributed by atoms with Gasteiger partial charge < -0.3 is 15.1 Å². The topological polar surface area (TPSA) is 69.5 Å². The van der Waals surface area contributed by atoms with Gasteiger partial charge in [-0.1, -0.05) is 30.3 Å². The summed E-state index contributed by atoms with van der Waals surface area (Å²) in [6.45, 7) is 0. The van der Waals surface area contributed by atoms with Crippen LogP contribution >= 0.6 is 0 Å². The summed E-state index contributed by atoms with van der Waals surface area (Å²) in [5.74, 6) is 0.231. The van der Waals surface area contributed by atoms with E-state index in [2.05, 4.69) is 9.97 Å². The van der Waals surface area contributed by atoms with Crippen LogP contribution in [0.3, 0.4) is 0 Å². The summed E-state index contributed by atoms with van der Waals surface area (Å²) in [7, 11) is 3.93. The molecule has 0 unspecified atom stereocenters. The number of rotatable bonds is 5. The Kier molecular flexibility index (Phi) is 5.52. The van der Waals surface area contributed by atoms with E-state index in [1.54, 1.807) is 18.2 Å². The van der Waals surface area contributed by atoms with Crippen LogP contribution in [0, 0.1) is 0 Å². The second-order valence-electron chi connectivity index (χ2n) is 6.23. The number of benzene rings is 2. The van der Waals surface area contributed by atoms with Crippen LogP contribution < -0.4 is 4.90 Å². The zero-order chi connectivity index (χ0) is 19.2. The first-order chi connectivity index (χ1) is 13.0. The Hall–Kier alpha value is -3.60. The second kappa shape index (κ2) is 8.19. The molecule has 0 bridgehead atoms. The van der Waals surface area contributed by atoms with Crippen LogP contribution in [0.5, 0.6) is 0 Å². The van der Waals surface area contributed by atoms with Gasteiger partial charge in [-0.25, -0.2) is 9.97 Å². The quantitative estimate of drug-likeness (QED) is 0.649. The van der Waals surface area contributed by atoms with Gasteiger partial charge in [0.15, 0.2) is 0 Å². The fraction of sp³-hybridized carbons (Fsp3) is 0.0909. The van der Waals surface area contributed by atoms with Gasteiger partial charge in [-0.05, 0) is 30.3 Å². The third-order valence-corrected chi connectivity index (χ3v) is 4.03. The largest absolute Gasteiger partial charge is 0.507 e. The molecule has 0 saturated heterocycles. The van der Waals surface area contributed by atoms with Crippen molar-refractivity contribution >= 4 is 29.4 Å². The van der Waals surface area contributed by atoms with Gasteiger partial charge in [0.1, 0.15) is 17.8 Å². The highest BCUT2D eigenvalue weighted by atomic mass is 16.3. The van der Waals surface area contributed by atoms with Gasteiger partial charge in [-0.2, -0.15) is 0 Å². The summed E-state index contributed by atoms with van der Waals surface area (Å²) in [4.78, 5) is 10.3. The minimum absolute atomic E-state index is 0.112. The number of anilines is 1. The van der Waals surface area contributed by atoms with Gasteiger partial charge in [0, 0.05) is 43.1 Å². The Morgan fingerprint density at radius 3 is 1.81 bits per heavy atom. The summed E-state index contributed by atoms with van der Waals surface area (Å²) >= 11 is 0. The molecule has 5 nitrogen and oxygen atoms in total. The van der Waals surface area contributed by atoms with Gasteiger partial charge in [0.2, 0.25) is 0 Å². The van der Waals surface area contributed by atoms with E-state index in [4.69, 9.17) is 0 Å². The molecule has 0 aliphatic carbocycles. The first kappa shape index (κ1) is 18.2. The summed E-state index contributed by atoms with van der Waals surface area (Å²) in [5.41, 5.74) is 3.55. The molecule has 5 heteroatoms. The third-order valence-electron chi connectivity index (χ3n) is 4.03. The number of aliphatic hydroxyl groups is 2. The summed E-state index contributed by atoms with van der Waals surface area (Å²) in [5, 5.41) is 20.6. The monoisotopic (exact) mass is 359 g/mol.